The lowest BCUT2D eigenvalue weighted by Gasteiger charge is -2.11. The summed E-state index contributed by atoms with van der Waals surface area (Å²) in [5.74, 6) is 0.0748. The number of hydrogen-bond donors (Lipinski definition) is 1. The van der Waals surface area contributed by atoms with Crippen molar-refractivity contribution in [2.45, 2.75) is 33.6 Å². The van der Waals surface area contributed by atoms with Gasteiger partial charge in [-0.05, 0) is 31.0 Å². The van der Waals surface area contributed by atoms with Crippen molar-refractivity contribution in [3.8, 4) is 5.75 Å². The zero-order valence-electron chi connectivity index (χ0n) is 13.9. The zero-order valence-corrected chi connectivity index (χ0v) is 13.9. The first kappa shape index (κ1) is 19.5. The first-order valence-corrected chi connectivity index (χ1v) is 7.62. The van der Waals surface area contributed by atoms with Crippen LogP contribution in [0.15, 0.2) is 59.3 Å². The third-order valence-corrected chi connectivity index (χ3v) is 2.97. The molecule has 0 aromatic heterocycles. The van der Waals surface area contributed by atoms with Gasteiger partial charge in [0.05, 0.1) is 0 Å². The number of benzene rings is 1. The molecule has 0 atom stereocenters. The third kappa shape index (κ3) is 5.61. The summed E-state index contributed by atoms with van der Waals surface area (Å²) in [6, 6.07) is 5.75. The highest BCUT2D eigenvalue weighted by Crippen LogP contribution is 2.31. The molecule has 0 aliphatic carbocycles. The van der Waals surface area contributed by atoms with Crippen LogP contribution in [-0.2, 0) is 0 Å². The molecule has 0 saturated carbocycles. The summed E-state index contributed by atoms with van der Waals surface area (Å²) in [5, 5.41) is 0. The van der Waals surface area contributed by atoms with Crippen molar-refractivity contribution in [2.24, 2.45) is 10.7 Å². The van der Waals surface area contributed by atoms with E-state index in [9.17, 15) is 13.2 Å². The minimum Gasteiger partial charge on any atom is -0.406 e. The molecule has 130 valence electrons. The largest absolute Gasteiger partial charge is 0.573 e. The fourth-order valence-electron chi connectivity index (χ4n) is 2.04. The lowest BCUT2D eigenvalue weighted by Crippen LogP contribution is -2.17. The van der Waals surface area contributed by atoms with E-state index in [0.717, 1.165) is 0 Å². The maximum Gasteiger partial charge on any atom is 0.573 e. The molecule has 2 rings (SSSR count). The quantitative estimate of drug-likeness (QED) is 0.766. The van der Waals surface area contributed by atoms with Gasteiger partial charge in [-0.3, -0.25) is 0 Å². The highest BCUT2D eigenvalue weighted by Gasteiger charge is 2.31. The van der Waals surface area contributed by atoms with E-state index in [1.807, 2.05) is 39.0 Å². The third-order valence-electron chi connectivity index (χ3n) is 2.97. The SMILES string of the molecule is C/C=C\C/C=C1\C(c2cccc(OC(F)(F)F)c2)=CN=C1N.CC. The molecule has 1 aromatic rings. The maximum absolute atomic E-state index is 12.3. The maximum atomic E-state index is 12.3. The number of amidine groups is 1. The molecule has 0 fully saturated rings. The van der Waals surface area contributed by atoms with Crippen LogP contribution in [-0.4, -0.2) is 12.2 Å². The van der Waals surface area contributed by atoms with E-state index in [2.05, 4.69) is 9.73 Å². The Hall–Kier alpha value is -2.50. The Morgan fingerprint density at radius 2 is 1.96 bits per heavy atom. The molecular weight excluding hydrogens is 317 g/mol. The van der Waals surface area contributed by atoms with Crippen molar-refractivity contribution in [3.63, 3.8) is 0 Å². The predicted molar refractivity (Wildman–Crippen MR) is 91.6 cm³/mol. The van der Waals surface area contributed by atoms with Gasteiger partial charge in [0.2, 0.25) is 0 Å². The number of hydrogen-bond acceptors (Lipinski definition) is 3. The molecule has 1 heterocycles. The van der Waals surface area contributed by atoms with Crippen LogP contribution < -0.4 is 10.5 Å². The molecule has 0 spiro atoms. The minimum absolute atomic E-state index is 0.274. The zero-order chi connectivity index (χ0) is 18.2. The summed E-state index contributed by atoms with van der Waals surface area (Å²) in [6.07, 6.45) is 3.22. The Labute approximate surface area is 140 Å². The Morgan fingerprint density at radius 1 is 1.25 bits per heavy atom. The average Bonchev–Trinajstić information content (AvgIpc) is 2.89. The molecular formula is C18H21F3N2O. The van der Waals surface area contributed by atoms with Crippen LogP contribution in [0.2, 0.25) is 0 Å². The fraction of sp³-hybridized carbons (Fsp3) is 0.278. The highest BCUT2D eigenvalue weighted by molar-refractivity contribution is 6.14. The number of aliphatic imine (C=N–C) groups is 1. The molecule has 1 aromatic carbocycles. The lowest BCUT2D eigenvalue weighted by atomic mass is 9.98. The number of ether oxygens (including phenoxy) is 1. The molecule has 0 unspecified atom stereocenters. The van der Waals surface area contributed by atoms with Crippen LogP contribution in [0.25, 0.3) is 5.57 Å². The molecule has 1 aliphatic rings. The Bertz CT molecular complexity index is 671. The van der Waals surface area contributed by atoms with Crippen LogP contribution in [0.3, 0.4) is 0 Å². The van der Waals surface area contributed by atoms with Crippen LogP contribution in [0, 0.1) is 0 Å². The van der Waals surface area contributed by atoms with Crippen molar-refractivity contribution in [1.29, 1.82) is 0 Å². The smallest absolute Gasteiger partial charge is 0.406 e. The Kier molecular flexibility index (Phi) is 7.30. The second-order valence-corrected chi connectivity index (χ2v) is 4.56. The van der Waals surface area contributed by atoms with Crippen LogP contribution in [0.4, 0.5) is 13.2 Å². The van der Waals surface area contributed by atoms with E-state index in [0.29, 0.717) is 29.0 Å². The van der Waals surface area contributed by atoms with Crippen molar-refractivity contribution in [2.75, 3.05) is 0 Å². The molecule has 6 heteroatoms. The highest BCUT2D eigenvalue weighted by atomic mass is 19.4. The summed E-state index contributed by atoms with van der Waals surface area (Å²) in [4.78, 5) is 4.04. The van der Waals surface area contributed by atoms with E-state index in [-0.39, 0.29) is 5.75 Å². The van der Waals surface area contributed by atoms with Crippen LogP contribution >= 0.6 is 0 Å². The summed E-state index contributed by atoms with van der Waals surface area (Å²) in [5.41, 5.74) is 7.78. The van der Waals surface area contributed by atoms with Gasteiger partial charge in [0.15, 0.2) is 0 Å². The number of rotatable bonds is 4. The van der Waals surface area contributed by atoms with Gasteiger partial charge in [-0.1, -0.05) is 44.2 Å². The van der Waals surface area contributed by atoms with Gasteiger partial charge >= 0.3 is 6.36 Å². The predicted octanol–water partition coefficient (Wildman–Crippen LogP) is 5.22. The van der Waals surface area contributed by atoms with E-state index >= 15 is 0 Å². The monoisotopic (exact) mass is 338 g/mol. The number of alkyl halides is 3. The molecule has 0 amide bonds. The average molecular weight is 338 g/mol. The number of halogens is 3. The summed E-state index contributed by atoms with van der Waals surface area (Å²) in [6.45, 7) is 5.90. The van der Waals surface area contributed by atoms with Gasteiger partial charge in [-0.25, -0.2) is 4.99 Å². The second kappa shape index (κ2) is 8.96. The first-order valence-electron chi connectivity index (χ1n) is 7.62. The lowest BCUT2D eigenvalue weighted by molar-refractivity contribution is -0.274. The number of allylic oxidation sites excluding steroid dienone is 3. The Morgan fingerprint density at radius 3 is 2.58 bits per heavy atom. The van der Waals surface area contributed by atoms with Gasteiger partial charge < -0.3 is 10.5 Å². The summed E-state index contributed by atoms with van der Waals surface area (Å²) in [7, 11) is 0. The van der Waals surface area contributed by atoms with E-state index in [4.69, 9.17) is 5.73 Å². The van der Waals surface area contributed by atoms with E-state index < -0.39 is 6.36 Å². The number of nitrogens with two attached hydrogens (primary N) is 1. The van der Waals surface area contributed by atoms with Crippen molar-refractivity contribution >= 4 is 11.4 Å². The van der Waals surface area contributed by atoms with Crippen LogP contribution in [0.5, 0.6) is 5.75 Å². The standard InChI is InChI=1S/C16H15F3N2O.C2H6/c1-2-3-4-8-13-14(10-21-15(13)20)11-6-5-7-12(9-11)22-16(17,18)19;1-2/h2-3,5-10H,4H2,1H3,(H2,20,21);1-2H3/b3-2-,13-8+;. The molecule has 3 nitrogen and oxygen atoms in total. The summed E-state index contributed by atoms with van der Waals surface area (Å²) >= 11 is 0. The summed E-state index contributed by atoms with van der Waals surface area (Å²) < 4.78 is 40.8. The van der Waals surface area contributed by atoms with Crippen LogP contribution in [0.1, 0.15) is 32.8 Å². The minimum atomic E-state index is -4.72. The molecule has 0 saturated heterocycles. The van der Waals surface area contributed by atoms with E-state index in [1.54, 1.807) is 12.3 Å². The van der Waals surface area contributed by atoms with Crippen molar-refractivity contribution in [1.82, 2.24) is 0 Å². The normalized spacial score (nSPS) is 15.8. The topological polar surface area (TPSA) is 47.6 Å². The van der Waals surface area contributed by atoms with Gasteiger partial charge in [-0.15, -0.1) is 13.2 Å². The molecule has 0 radical (unpaired) electrons. The first-order chi connectivity index (χ1) is 11.4. The Balaban J connectivity index is 0.00000139. The second-order valence-electron chi connectivity index (χ2n) is 4.56. The molecule has 24 heavy (non-hydrogen) atoms. The van der Waals surface area contributed by atoms with Gasteiger partial charge in [0.25, 0.3) is 0 Å². The van der Waals surface area contributed by atoms with E-state index in [1.165, 1.54) is 18.2 Å². The van der Waals surface area contributed by atoms with Gasteiger partial charge in [-0.2, -0.15) is 0 Å². The number of nitrogens with zero attached hydrogens (tertiary/aromatic N) is 1. The van der Waals surface area contributed by atoms with Crippen molar-refractivity contribution < 1.29 is 17.9 Å². The fourth-order valence-corrected chi connectivity index (χ4v) is 2.04. The molecule has 2 N–H and O–H groups in total. The van der Waals surface area contributed by atoms with Gasteiger partial charge in [0.1, 0.15) is 11.6 Å². The van der Waals surface area contributed by atoms with Crippen molar-refractivity contribution in [3.05, 3.63) is 59.8 Å². The molecule has 1 aliphatic heterocycles. The molecule has 0 bridgehead atoms. The van der Waals surface area contributed by atoms with Gasteiger partial charge in [0, 0.05) is 17.3 Å².